The zero-order valence-electron chi connectivity index (χ0n) is 13.2. The van der Waals surface area contributed by atoms with E-state index in [1.54, 1.807) is 29.2 Å². The lowest BCUT2D eigenvalue weighted by molar-refractivity contribution is 0.0955. The van der Waals surface area contributed by atoms with Gasteiger partial charge in [0.15, 0.2) is 5.82 Å². The molecule has 3 aromatic rings. The van der Waals surface area contributed by atoms with E-state index in [1.165, 1.54) is 6.20 Å². The van der Waals surface area contributed by atoms with E-state index in [2.05, 4.69) is 30.7 Å². The number of rotatable bonds is 6. The molecule has 0 atom stereocenters. The Bertz CT molecular complexity index is 803. The fraction of sp³-hybridized carbons (Fsp3) is 0.188. The summed E-state index contributed by atoms with van der Waals surface area (Å²) in [4.78, 5) is 24.5. The number of carbonyl (C=O) groups excluding carboxylic acids is 1. The summed E-state index contributed by atoms with van der Waals surface area (Å²) >= 11 is 0. The highest BCUT2D eigenvalue weighted by Gasteiger charge is 2.05. The predicted molar refractivity (Wildman–Crippen MR) is 89.0 cm³/mol. The van der Waals surface area contributed by atoms with Gasteiger partial charge < -0.3 is 10.6 Å². The number of aromatic nitrogens is 5. The number of aryl methyl sites for hydroxylation is 1. The first-order chi connectivity index (χ1) is 11.7. The molecule has 0 aromatic carbocycles. The van der Waals surface area contributed by atoms with Gasteiger partial charge >= 0.3 is 0 Å². The lowest BCUT2D eigenvalue weighted by atomic mass is 10.3. The van der Waals surface area contributed by atoms with Crippen LogP contribution in [0.2, 0.25) is 0 Å². The molecule has 0 saturated heterocycles. The standard InChI is InChI=1S/C16H17N7O/c1-12-21-14(10-15(22-12)23-9-3-6-20-23)18-7-8-19-16(24)13-4-2-5-17-11-13/h2-6,9-11H,7-8H2,1H3,(H,19,24)(H,18,21,22). The normalized spacial score (nSPS) is 10.4. The van der Waals surface area contributed by atoms with Gasteiger partial charge in [0.05, 0.1) is 5.56 Å². The molecule has 3 aromatic heterocycles. The summed E-state index contributed by atoms with van der Waals surface area (Å²) in [5, 5.41) is 10.2. The van der Waals surface area contributed by atoms with Crippen molar-refractivity contribution in [1.29, 1.82) is 0 Å². The van der Waals surface area contributed by atoms with Crippen molar-refractivity contribution in [2.75, 3.05) is 18.4 Å². The molecule has 0 unspecified atom stereocenters. The third-order valence-corrected chi connectivity index (χ3v) is 3.20. The molecule has 0 fully saturated rings. The summed E-state index contributed by atoms with van der Waals surface area (Å²) in [7, 11) is 0. The van der Waals surface area contributed by atoms with Gasteiger partial charge in [-0.3, -0.25) is 9.78 Å². The zero-order chi connectivity index (χ0) is 16.8. The Morgan fingerprint density at radius 1 is 1.21 bits per heavy atom. The number of carbonyl (C=O) groups is 1. The molecule has 0 aliphatic heterocycles. The number of amides is 1. The maximum Gasteiger partial charge on any atom is 0.252 e. The second-order valence-corrected chi connectivity index (χ2v) is 5.03. The van der Waals surface area contributed by atoms with E-state index < -0.39 is 0 Å². The summed E-state index contributed by atoms with van der Waals surface area (Å²) in [5.41, 5.74) is 0.538. The van der Waals surface area contributed by atoms with Crippen molar-refractivity contribution in [3.05, 3.63) is 60.4 Å². The Morgan fingerprint density at radius 3 is 2.88 bits per heavy atom. The smallest absolute Gasteiger partial charge is 0.252 e. The Labute approximate surface area is 139 Å². The molecule has 2 N–H and O–H groups in total. The number of anilines is 1. The van der Waals surface area contributed by atoms with Crippen LogP contribution in [0.3, 0.4) is 0 Å². The highest BCUT2D eigenvalue weighted by atomic mass is 16.1. The SMILES string of the molecule is Cc1nc(NCCNC(=O)c2cccnc2)cc(-n2cccn2)n1. The van der Waals surface area contributed by atoms with Crippen molar-refractivity contribution < 1.29 is 4.79 Å². The largest absolute Gasteiger partial charge is 0.368 e. The molecule has 0 bridgehead atoms. The van der Waals surface area contributed by atoms with Crippen molar-refractivity contribution in [2.24, 2.45) is 0 Å². The molecule has 8 heteroatoms. The molecule has 1 amide bonds. The number of nitrogens with one attached hydrogen (secondary N) is 2. The van der Waals surface area contributed by atoms with Gasteiger partial charge in [-0.15, -0.1) is 0 Å². The average molecular weight is 323 g/mol. The zero-order valence-corrected chi connectivity index (χ0v) is 13.2. The molecule has 0 radical (unpaired) electrons. The van der Waals surface area contributed by atoms with Crippen LogP contribution in [0.5, 0.6) is 0 Å². The molecule has 3 rings (SSSR count). The summed E-state index contributed by atoms with van der Waals surface area (Å²) < 4.78 is 1.67. The summed E-state index contributed by atoms with van der Waals surface area (Å²) in [5.74, 6) is 1.86. The Balaban J connectivity index is 1.54. The molecule has 0 aliphatic carbocycles. The maximum atomic E-state index is 11.9. The lowest BCUT2D eigenvalue weighted by Gasteiger charge is -2.09. The van der Waals surface area contributed by atoms with Gasteiger partial charge in [0.1, 0.15) is 11.6 Å². The molecule has 0 saturated carbocycles. The first-order valence-electron chi connectivity index (χ1n) is 7.50. The number of hydrogen-bond acceptors (Lipinski definition) is 6. The van der Waals surface area contributed by atoms with E-state index in [0.717, 1.165) is 0 Å². The van der Waals surface area contributed by atoms with E-state index in [1.807, 2.05) is 25.3 Å². The average Bonchev–Trinajstić information content (AvgIpc) is 3.13. The second kappa shape index (κ2) is 7.32. The van der Waals surface area contributed by atoms with Crippen LogP contribution in [0.1, 0.15) is 16.2 Å². The van der Waals surface area contributed by atoms with E-state index in [-0.39, 0.29) is 5.91 Å². The molecule has 3 heterocycles. The van der Waals surface area contributed by atoms with Gasteiger partial charge in [-0.1, -0.05) is 0 Å². The maximum absolute atomic E-state index is 11.9. The van der Waals surface area contributed by atoms with Crippen LogP contribution in [-0.4, -0.2) is 43.7 Å². The fourth-order valence-electron chi connectivity index (χ4n) is 2.13. The van der Waals surface area contributed by atoms with Gasteiger partial charge in [0.2, 0.25) is 0 Å². The predicted octanol–water partition coefficient (Wildman–Crippen LogP) is 1.21. The molecule has 24 heavy (non-hydrogen) atoms. The molecule has 122 valence electrons. The minimum atomic E-state index is -0.152. The quantitative estimate of drug-likeness (QED) is 0.662. The monoisotopic (exact) mass is 323 g/mol. The van der Waals surface area contributed by atoms with E-state index in [9.17, 15) is 4.79 Å². The minimum Gasteiger partial charge on any atom is -0.368 e. The van der Waals surface area contributed by atoms with Crippen LogP contribution in [-0.2, 0) is 0 Å². The van der Waals surface area contributed by atoms with Crippen LogP contribution < -0.4 is 10.6 Å². The van der Waals surface area contributed by atoms with Crippen LogP contribution in [0.15, 0.2) is 49.1 Å². The van der Waals surface area contributed by atoms with Gasteiger partial charge in [-0.2, -0.15) is 5.10 Å². The van der Waals surface area contributed by atoms with Gasteiger partial charge in [0.25, 0.3) is 5.91 Å². The van der Waals surface area contributed by atoms with E-state index in [0.29, 0.717) is 36.1 Å². The van der Waals surface area contributed by atoms with Gasteiger partial charge in [-0.25, -0.2) is 14.6 Å². The highest BCUT2D eigenvalue weighted by molar-refractivity contribution is 5.93. The van der Waals surface area contributed by atoms with Crippen molar-refractivity contribution in [1.82, 2.24) is 30.0 Å². The summed E-state index contributed by atoms with van der Waals surface area (Å²) in [6.07, 6.45) is 6.68. The van der Waals surface area contributed by atoms with Crippen LogP contribution in [0.4, 0.5) is 5.82 Å². The summed E-state index contributed by atoms with van der Waals surface area (Å²) in [6, 6.07) is 7.09. The summed E-state index contributed by atoms with van der Waals surface area (Å²) in [6.45, 7) is 2.83. The Kier molecular flexibility index (Phi) is 4.76. The van der Waals surface area contributed by atoms with Gasteiger partial charge in [-0.05, 0) is 25.1 Å². The first-order valence-corrected chi connectivity index (χ1v) is 7.50. The highest BCUT2D eigenvalue weighted by Crippen LogP contribution is 2.09. The second-order valence-electron chi connectivity index (χ2n) is 5.03. The molecule has 0 aliphatic rings. The Morgan fingerprint density at radius 2 is 2.12 bits per heavy atom. The third kappa shape index (κ3) is 3.92. The van der Waals surface area contributed by atoms with Crippen molar-refractivity contribution in [3.63, 3.8) is 0 Å². The van der Waals surface area contributed by atoms with Crippen molar-refractivity contribution in [2.45, 2.75) is 6.92 Å². The number of nitrogens with zero attached hydrogens (tertiary/aromatic N) is 5. The molecular formula is C16H17N7O. The fourth-order valence-corrected chi connectivity index (χ4v) is 2.13. The number of hydrogen-bond donors (Lipinski definition) is 2. The molecule has 8 nitrogen and oxygen atoms in total. The van der Waals surface area contributed by atoms with Crippen LogP contribution in [0.25, 0.3) is 5.82 Å². The Hall–Kier alpha value is -3.29. The van der Waals surface area contributed by atoms with Crippen LogP contribution >= 0.6 is 0 Å². The first kappa shape index (κ1) is 15.6. The third-order valence-electron chi connectivity index (χ3n) is 3.20. The molecular weight excluding hydrogens is 306 g/mol. The van der Waals surface area contributed by atoms with Crippen molar-refractivity contribution >= 4 is 11.7 Å². The number of pyridine rings is 1. The van der Waals surface area contributed by atoms with Gasteiger partial charge in [0, 0.05) is 43.9 Å². The topological polar surface area (TPSA) is 97.6 Å². The van der Waals surface area contributed by atoms with E-state index >= 15 is 0 Å². The van der Waals surface area contributed by atoms with Crippen molar-refractivity contribution in [3.8, 4) is 5.82 Å². The lowest BCUT2D eigenvalue weighted by Crippen LogP contribution is -2.29. The van der Waals surface area contributed by atoms with Crippen LogP contribution in [0, 0.1) is 6.92 Å². The minimum absolute atomic E-state index is 0.152. The van der Waals surface area contributed by atoms with E-state index in [4.69, 9.17) is 0 Å². The molecule has 0 spiro atoms.